The van der Waals surface area contributed by atoms with Crippen molar-refractivity contribution in [2.45, 2.75) is 20.8 Å². The van der Waals surface area contributed by atoms with E-state index in [1.54, 1.807) is 45.0 Å². The van der Waals surface area contributed by atoms with Crippen LogP contribution in [0.25, 0.3) is 0 Å². The minimum atomic E-state index is -0.366. The van der Waals surface area contributed by atoms with Gasteiger partial charge in [0.05, 0.1) is 24.5 Å². The predicted molar refractivity (Wildman–Crippen MR) is 107 cm³/mol. The van der Waals surface area contributed by atoms with Gasteiger partial charge in [-0.25, -0.2) is 14.6 Å². The molecule has 8 nitrogen and oxygen atoms in total. The Balaban J connectivity index is 0.00000392. The summed E-state index contributed by atoms with van der Waals surface area (Å²) in [5.41, 5.74) is 1.94. The number of carbonyl (C=O) groups excluding carboxylic acids is 2. The van der Waals surface area contributed by atoms with Crippen LogP contribution in [0.1, 0.15) is 42.4 Å². The van der Waals surface area contributed by atoms with E-state index in [1.807, 2.05) is 0 Å². The number of aryl methyl sites for hydroxylation is 1. The predicted octanol–water partition coefficient (Wildman–Crippen LogP) is 3.75. The van der Waals surface area contributed by atoms with Crippen molar-refractivity contribution in [1.29, 1.82) is 0 Å². The van der Waals surface area contributed by atoms with Crippen LogP contribution in [0.3, 0.4) is 0 Å². The molecule has 0 fully saturated rings. The molecule has 1 heterocycles. The summed E-state index contributed by atoms with van der Waals surface area (Å²) in [5.74, 6) is -0.708. The Morgan fingerprint density at radius 1 is 1.04 bits per heavy atom. The van der Waals surface area contributed by atoms with E-state index in [0.29, 0.717) is 34.5 Å². The van der Waals surface area contributed by atoms with Gasteiger partial charge in [0.25, 0.3) is 0 Å². The normalized spacial score (nSPS) is 10.3. The maximum Gasteiger partial charge on any atom is 0.350 e. The number of aromatic nitrogens is 1. The second-order valence-electron chi connectivity index (χ2n) is 5.30. The van der Waals surface area contributed by atoms with Crippen molar-refractivity contribution in [3.8, 4) is 0 Å². The molecule has 0 aliphatic carbocycles. The van der Waals surface area contributed by atoms with Crippen LogP contribution in [0.5, 0.6) is 0 Å². The fourth-order valence-corrected chi connectivity index (χ4v) is 2.94. The quantitative estimate of drug-likeness (QED) is 0.355. The molecule has 2 rings (SSSR count). The lowest BCUT2D eigenvalue weighted by molar-refractivity contribution is 0.0518. The van der Waals surface area contributed by atoms with Crippen LogP contribution in [0.15, 0.2) is 24.3 Å². The summed E-state index contributed by atoms with van der Waals surface area (Å²) in [6.45, 7) is 6.46. The summed E-state index contributed by atoms with van der Waals surface area (Å²) in [4.78, 5) is 28.1. The number of nitrogens with zero attached hydrogens (tertiary/aromatic N) is 1. The van der Waals surface area contributed by atoms with E-state index in [-0.39, 0.29) is 28.3 Å². The molecule has 0 spiro atoms. The Morgan fingerprint density at radius 3 is 2.33 bits per heavy atom. The summed E-state index contributed by atoms with van der Waals surface area (Å²) in [6, 6.07) is 6.93. The van der Waals surface area contributed by atoms with E-state index in [2.05, 4.69) is 15.6 Å². The highest BCUT2D eigenvalue weighted by molar-refractivity contribution is 7.17. The molecule has 0 saturated carbocycles. The van der Waals surface area contributed by atoms with Gasteiger partial charge in [0.1, 0.15) is 18.3 Å². The molecule has 0 bridgehead atoms. The number of hydrogen-bond donors (Lipinski definition) is 2. The summed E-state index contributed by atoms with van der Waals surface area (Å²) in [5, 5.41) is 6.67. The lowest BCUT2D eigenvalue weighted by atomic mass is 10.2. The number of thiazole rings is 1. The summed E-state index contributed by atoms with van der Waals surface area (Å²) in [6.07, 6.45) is 0. The fraction of sp³-hybridized carbons (Fsp3) is 0.389. The van der Waals surface area contributed by atoms with E-state index in [1.165, 1.54) is 11.3 Å². The van der Waals surface area contributed by atoms with Gasteiger partial charge in [-0.2, -0.15) is 0 Å². The number of benzene rings is 1. The average molecular weight is 397 g/mol. The molecule has 150 valence electrons. The van der Waals surface area contributed by atoms with E-state index in [0.717, 1.165) is 5.69 Å². The second-order valence-corrected chi connectivity index (χ2v) is 6.30. The van der Waals surface area contributed by atoms with Crippen LogP contribution in [-0.4, -0.2) is 43.6 Å². The first-order valence-electron chi connectivity index (χ1n) is 8.52. The minimum absolute atomic E-state index is 0. The first kappa shape index (κ1) is 20.7. The molecule has 0 atom stereocenters. The number of anilines is 2. The third kappa shape index (κ3) is 6.22. The van der Waals surface area contributed by atoms with Crippen LogP contribution in [0.2, 0.25) is 0 Å². The zero-order chi connectivity index (χ0) is 19.6. The minimum Gasteiger partial charge on any atom is -0.462 e. The number of nitrogens with one attached hydrogen (secondary N) is 2. The van der Waals surface area contributed by atoms with Gasteiger partial charge in [0, 0.05) is 8.54 Å². The van der Waals surface area contributed by atoms with Crippen molar-refractivity contribution < 1.29 is 26.7 Å². The van der Waals surface area contributed by atoms with Crippen molar-refractivity contribution in [2.75, 3.05) is 37.3 Å². The first-order valence-corrected chi connectivity index (χ1v) is 9.34. The van der Waals surface area contributed by atoms with Crippen molar-refractivity contribution in [1.82, 2.24) is 4.98 Å². The average Bonchev–Trinajstić information content (AvgIpc) is 3.03. The Hall–Kier alpha value is -2.65. The van der Waals surface area contributed by atoms with Crippen LogP contribution in [0.4, 0.5) is 10.8 Å². The highest BCUT2D eigenvalue weighted by atomic mass is 32.1. The molecule has 0 saturated heterocycles. The Morgan fingerprint density at radius 2 is 1.67 bits per heavy atom. The van der Waals surface area contributed by atoms with E-state index >= 15 is 0 Å². The Kier molecular flexibility index (Phi) is 8.02. The molecule has 2 aromatic rings. The molecular formula is C18H27N3O5S. The number of ether oxygens (including phenoxy) is 3. The van der Waals surface area contributed by atoms with E-state index in [9.17, 15) is 9.59 Å². The summed E-state index contributed by atoms with van der Waals surface area (Å²) < 4.78 is 15.4. The second kappa shape index (κ2) is 10.5. The zero-order valence-electron chi connectivity index (χ0n) is 15.5. The van der Waals surface area contributed by atoms with Gasteiger partial charge in [-0.15, -0.1) is 0 Å². The molecule has 2 N–H and O–H groups in total. The smallest absolute Gasteiger partial charge is 0.350 e. The van der Waals surface area contributed by atoms with Gasteiger partial charge in [-0.1, -0.05) is 11.3 Å². The number of rotatable bonds is 10. The topological polar surface area (TPSA) is 98.8 Å². The number of hydrogen-bond acceptors (Lipinski definition) is 9. The van der Waals surface area contributed by atoms with Crippen molar-refractivity contribution in [3.05, 3.63) is 40.4 Å². The van der Waals surface area contributed by atoms with Gasteiger partial charge in [-0.3, -0.25) is 0 Å². The molecule has 0 amide bonds. The monoisotopic (exact) mass is 397 g/mol. The Labute approximate surface area is 164 Å². The zero-order valence-corrected chi connectivity index (χ0v) is 16.4. The summed E-state index contributed by atoms with van der Waals surface area (Å²) in [7, 11) is 0. The SMILES string of the molecule is CCOC(=O)c1ccc(NCOCNc2nc(C)c(C(=O)OCC)s2)cc1.[HH].[HH]. The molecule has 1 aromatic heterocycles. The molecule has 0 aliphatic rings. The Bertz CT molecular complexity index is 771. The van der Waals surface area contributed by atoms with Gasteiger partial charge in [0.2, 0.25) is 0 Å². The van der Waals surface area contributed by atoms with Crippen LogP contribution < -0.4 is 10.6 Å². The van der Waals surface area contributed by atoms with Crippen LogP contribution in [0, 0.1) is 6.92 Å². The van der Waals surface area contributed by atoms with Gasteiger partial charge >= 0.3 is 11.9 Å². The maximum absolute atomic E-state index is 11.8. The lowest BCUT2D eigenvalue weighted by Gasteiger charge is -2.09. The van der Waals surface area contributed by atoms with Crippen molar-refractivity contribution >= 4 is 34.1 Å². The third-order valence-corrected chi connectivity index (χ3v) is 4.45. The van der Waals surface area contributed by atoms with Crippen LogP contribution >= 0.6 is 11.3 Å². The van der Waals surface area contributed by atoms with Gasteiger partial charge in [-0.05, 0) is 45.0 Å². The third-order valence-electron chi connectivity index (χ3n) is 3.36. The fourth-order valence-electron chi connectivity index (χ4n) is 2.09. The largest absolute Gasteiger partial charge is 0.462 e. The molecule has 9 heteroatoms. The molecule has 1 aromatic carbocycles. The first-order chi connectivity index (χ1) is 13.0. The lowest BCUT2D eigenvalue weighted by Crippen LogP contribution is -2.12. The standard InChI is InChI=1S/C18H23N3O5S.2H2/c1-4-25-16(22)13-6-8-14(9-7-13)19-10-24-11-20-18-21-12(3)15(27-18)17(23)26-5-2;;/h6-9,19H,4-5,10-11H2,1-3H3,(H,20,21);2*1H. The number of esters is 2. The molecule has 0 radical (unpaired) electrons. The number of carbonyl (C=O) groups is 2. The van der Waals surface area contributed by atoms with Gasteiger partial charge < -0.3 is 24.8 Å². The molecule has 0 unspecified atom stereocenters. The van der Waals surface area contributed by atoms with E-state index in [4.69, 9.17) is 14.2 Å². The van der Waals surface area contributed by atoms with E-state index < -0.39 is 0 Å². The highest BCUT2D eigenvalue weighted by Gasteiger charge is 2.16. The van der Waals surface area contributed by atoms with Crippen LogP contribution in [-0.2, 0) is 14.2 Å². The highest BCUT2D eigenvalue weighted by Crippen LogP contribution is 2.23. The molecular weight excluding hydrogens is 370 g/mol. The summed E-state index contributed by atoms with van der Waals surface area (Å²) >= 11 is 1.23. The van der Waals surface area contributed by atoms with Crippen molar-refractivity contribution in [3.63, 3.8) is 0 Å². The van der Waals surface area contributed by atoms with Gasteiger partial charge in [0.15, 0.2) is 5.13 Å². The van der Waals surface area contributed by atoms with Crippen molar-refractivity contribution in [2.24, 2.45) is 0 Å². The molecule has 27 heavy (non-hydrogen) atoms. The molecule has 0 aliphatic heterocycles. The maximum atomic E-state index is 11.8.